The molecule has 24 heavy (non-hydrogen) atoms. The van der Waals surface area contributed by atoms with E-state index in [0.717, 1.165) is 42.2 Å². The molecule has 6 heteroatoms. The quantitative estimate of drug-likeness (QED) is 0.799. The molecule has 0 aliphatic carbocycles. The second-order valence-electron chi connectivity index (χ2n) is 6.02. The number of carboxylic acid groups (broad SMARTS) is 1. The van der Waals surface area contributed by atoms with E-state index in [1.165, 1.54) is 5.39 Å². The molecule has 0 saturated carbocycles. The van der Waals surface area contributed by atoms with Crippen LogP contribution in [0, 0.1) is 0 Å². The van der Waals surface area contributed by atoms with Crippen LogP contribution >= 0.6 is 0 Å². The summed E-state index contributed by atoms with van der Waals surface area (Å²) in [6.07, 6.45) is 2.44. The molecule has 0 atom stereocenters. The molecule has 3 aromatic rings. The van der Waals surface area contributed by atoms with Crippen molar-refractivity contribution in [3.63, 3.8) is 0 Å². The smallest absolute Gasteiger partial charge is 0.303 e. The van der Waals surface area contributed by atoms with Gasteiger partial charge in [-0.3, -0.25) is 9.48 Å². The normalized spacial score (nSPS) is 13.9. The summed E-state index contributed by atoms with van der Waals surface area (Å²) >= 11 is 0. The molecule has 0 bridgehead atoms. The molecule has 2 aromatic heterocycles. The summed E-state index contributed by atoms with van der Waals surface area (Å²) in [5.41, 5.74) is 1.96. The van der Waals surface area contributed by atoms with Crippen LogP contribution in [0.3, 0.4) is 0 Å². The Morgan fingerprint density at radius 2 is 2.08 bits per heavy atom. The van der Waals surface area contributed by atoms with Crippen LogP contribution in [0.15, 0.2) is 42.6 Å². The minimum absolute atomic E-state index is 0.116. The number of aromatic nitrogens is 3. The van der Waals surface area contributed by atoms with Gasteiger partial charge in [-0.15, -0.1) is 0 Å². The number of hydrogen-bond donors (Lipinski definition) is 1. The van der Waals surface area contributed by atoms with Gasteiger partial charge in [0.15, 0.2) is 0 Å². The Morgan fingerprint density at radius 3 is 2.96 bits per heavy atom. The molecule has 122 valence electrons. The van der Waals surface area contributed by atoms with E-state index >= 15 is 0 Å². The highest BCUT2D eigenvalue weighted by atomic mass is 16.4. The van der Waals surface area contributed by atoms with Gasteiger partial charge in [0.2, 0.25) is 0 Å². The monoisotopic (exact) mass is 322 g/mol. The lowest BCUT2D eigenvalue weighted by Crippen LogP contribution is -2.34. The van der Waals surface area contributed by atoms with E-state index in [1.807, 2.05) is 35.1 Å². The predicted octanol–water partition coefficient (Wildman–Crippen LogP) is 2.47. The lowest BCUT2D eigenvalue weighted by Gasteiger charge is -2.29. The van der Waals surface area contributed by atoms with Crippen LogP contribution in [-0.2, 0) is 24.3 Å². The molecule has 3 heterocycles. The maximum atomic E-state index is 10.7. The zero-order chi connectivity index (χ0) is 16.5. The van der Waals surface area contributed by atoms with E-state index in [9.17, 15) is 4.79 Å². The highest BCUT2D eigenvalue weighted by Gasteiger charge is 2.21. The van der Waals surface area contributed by atoms with Gasteiger partial charge in [-0.1, -0.05) is 24.3 Å². The number of carbonyl (C=O) groups is 1. The van der Waals surface area contributed by atoms with Crippen molar-refractivity contribution < 1.29 is 9.90 Å². The van der Waals surface area contributed by atoms with Gasteiger partial charge in [0.05, 0.1) is 30.9 Å². The minimum atomic E-state index is -0.789. The minimum Gasteiger partial charge on any atom is -0.481 e. The van der Waals surface area contributed by atoms with Gasteiger partial charge in [-0.25, -0.2) is 4.98 Å². The first kappa shape index (κ1) is 14.7. The van der Waals surface area contributed by atoms with Crippen molar-refractivity contribution >= 4 is 22.6 Å². The van der Waals surface area contributed by atoms with Crippen molar-refractivity contribution in [1.82, 2.24) is 14.8 Å². The predicted molar refractivity (Wildman–Crippen MR) is 91.0 cm³/mol. The Balaban J connectivity index is 1.60. The zero-order valence-corrected chi connectivity index (χ0v) is 13.2. The molecule has 0 fully saturated rings. The van der Waals surface area contributed by atoms with Gasteiger partial charge >= 0.3 is 5.97 Å². The molecule has 1 aliphatic rings. The average molecular weight is 322 g/mol. The summed E-state index contributed by atoms with van der Waals surface area (Å²) in [5, 5.41) is 15.7. The molecule has 1 aliphatic heterocycles. The average Bonchev–Trinajstić information content (AvgIpc) is 3.01. The van der Waals surface area contributed by atoms with Crippen LogP contribution in [-0.4, -0.2) is 32.4 Å². The van der Waals surface area contributed by atoms with E-state index in [2.05, 4.69) is 27.1 Å². The second-order valence-corrected chi connectivity index (χ2v) is 6.02. The van der Waals surface area contributed by atoms with Crippen molar-refractivity contribution in [2.45, 2.75) is 25.9 Å². The lowest BCUT2D eigenvalue weighted by molar-refractivity contribution is -0.136. The van der Waals surface area contributed by atoms with Crippen molar-refractivity contribution in [3.05, 3.63) is 54.0 Å². The number of carboxylic acids is 1. The van der Waals surface area contributed by atoms with E-state index in [-0.39, 0.29) is 6.42 Å². The van der Waals surface area contributed by atoms with Crippen LogP contribution in [0.4, 0.5) is 5.82 Å². The molecule has 0 saturated heterocycles. The maximum Gasteiger partial charge on any atom is 0.303 e. The first-order chi connectivity index (χ1) is 11.7. The Labute approximate surface area is 139 Å². The third-order valence-electron chi connectivity index (χ3n) is 4.40. The van der Waals surface area contributed by atoms with Gasteiger partial charge < -0.3 is 10.0 Å². The summed E-state index contributed by atoms with van der Waals surface area (Å²) in [6.45, 7) is 2.36. The SMILES string of the molecule is O=C(O)CCc1cc2n(n1)CCN(c1nccc3ccccc13)C2. The Morgan fingerprint density at radius 1 is 1.21 bits per heavy atom. The zero-order valence-electron chi connectivity index (χ0n) is 13.2. The standard InChI is InChI=1S/C18H18N4O2/c23-17(24)6-5-14-11-15-12-21(9-10-22(15)20-14)18-16-4-2-1-3-13(16)7-8-19-18/h1-4,7-8,11H,5-6,9-10,12H2,(H,23,24). The van der Waals surface area contributed by atoms with Gasteiger partial charge in [-0.05, 0) is 17.5 Å². The molecule has 0 amide bonds. The number of pyridine rings is 1. The third kappa shape index (κ3) is 2.71. The molecule has 0 spiro atoms. The van der Waals surface area contributed by atoms with Crippen LogP contribution in [0.2, 0.25) is 0 Å². The first-order valence-corrected chi connectivity index (χ1v) is 8.07. The fraction of sp³-hybridized carbons (Fsp3) is 0.278. The largest absolute Gasteiger partial charge is 0.481 e. The van der Waals surface area contributed by atoms with Gasteiger partial charge in [-0.2, -0.15) is 5.10 Å². The maximum absolute atomic E-state index is 10.7. The van der Waals surface area contributed by atoms with Crippen molar-refractivity contribution in [2.24, 2.45) is 0 Å². The topological polar surface area (TPSA) is 71.2 Å². The van der Waals surface area contributed by atoms with Crippen LogP contribution in [0.25, 0.3) is 10.8 Å². The first-order valence-electron chi connectivity index (χ1n) is 8.07. The number of anilines is 1. The van der Waals surface area contributed by atoms with Gasteiger partial charge in [0, 0.05) is 24.5 Å². The number of aliphatic carboxylic acids is 1. The Hall–Kier alpha value is -2.89. The van der Waals surface area contributed by atoms with E-state index in [1.54, 1.807) is 0 Å². The van der Waals surface area contributed by atoms with Crippen molar-refractivity contribution in [2.75, 3.05) is 11.4 Å². The van der Waals surface area contributed by atoms with Crippen LogP contribution < -0.4 is 4.90 Å². The summed E-state index contributed by atoms with van der Waals surface area (Å²) in [4.78, 5) is 17.6. The summed E-state index contributed by atoms with van der Waals surface area (Å²) in [7, 11) is 0. The molecular formula is C18H18N4O2. The molecule has 1 aromatic carbocycles. The van der Waals surface area contributed by atoms with Crippen molar-refractivity contribution in [1.29, 1.82) is 0 Å². The summed E-state index contributed by atoms with van der Waals surface area (Å²) in [6, 6.07) is 12.3. The fourth-order valence-corrected chi connectivity index (χ4v) is 3.22. The number of aryl methyl sites for hydroxylation is 1. The number of fused-ring (bicyclic) bond motifs is 2. The van der Waals surface area contributed by atoms with Crippen LogP contribution in [0.1, 0.15) is 17.8 Å². The summed E-state index contributed by atoms with van der Waals surface area (Å²) < 4.78 is 1.98. The van der Waals surface area contributed by atoms with Crippen LogP contribution in [0.5, 0.6) is 0 Å². The highest BCUT2D eigenvalue weighted by Crippen LogP contribution is 2.27. The molecular weight excluding hydrogens is 304 g/mol. The fourth-order valence-electron chi connectivity index (χ4n) is 3.22. The molecule has 1 N–H and O–H groups in total. The van der Waals surface area contributed by atoms with E-state index < -0.39 is 5.97 Å². The van der Waals surface area contributed by atoms with Gasteiger partial charge in [0.1, 0.15) is 5.82 Å². The molecule has 6 nitrogen and oxygen atoms in total. The molecule has 0 radical (unpaired) electrons. The number of benzene rings is 1. The van der Waals surface area contributed by atoms with Crippen molar-refractivity contribution in [3.8, 4) is 0 Å². The highest BCUT2D eigenvalue weighted by molar-refractivity contribution is 5.92. The van der Waals surface area contributed by atoms with E-state index in [4.69, 9.17) is 5.11 Å². The summed E-state index contributed by atoms with van der Waals surface area (Å²) in [5.74, 6) is 0.204. The molecule has 0 unspecified atom stereocenters. The third-order valence-corrected chi connectivity index (χ3v) is 4.40. The number of rotatable bonds is 4. The second kappa shape index (κ2) is 5.96. The van der Waals surface area contributed by atoms with E-state index in [0.29, 0.717) is 6.42 Å². The number of hydrogen-bond acceptors (Lipinski definition) is 4. The Kier molecular flexibility index (Phi) is 3.65. The number of nitrogens with zero attached hydrogens (tertiary/aromatic N) is 4. The molecule has 4 rings (SSSR count). The van der Waals surface area contributed by atoms with Gasteiger partial charge in [0.25, 0.3) is 0 Å². The Bertz CT molecular complexity index is 898. The lowest BCUT2D eigenvalue weighted by atomic mass is 10.1.